The van der Waals surface area contributed by atoms with Crippen LogP contribution in [0.4, 0.5) is 0 Å². The summed E-state index contributed by atoms with van der Waals surface area (Å²) in [7, 11) is 6.10. The first-order valence-electron chi connectivity index (χ1n) is 8.19. The predicted molar refractivity (Wildman–Crippen MR) is 88.7 cm³/mol. The quantitative estimate of drug-likeness (QED) is 0.870. The van der Waals surface area contributed by atoms with Crippen molar-refractivity contribution in [2.75, 3.05) is 21.2 Å². The Morgan fingerprint density at radius 2 is 2.05 bits per heavy atom. The topological polar surface area (TPSA) is 24.5 Å². The zero-order chi connectivity index (χ0) is 15.2. The Hall–Kier alpha value is -1.06. The molecule has 1 aromatic carbocycles. The molecule has 0 aromatic heterocycles. The largest absolute Gasteiger partial charge is 0.496 e. The number of nitrogens with zero attached hydrogens (tertiary/aromatic N) is 1. The van der Waals surface area contributed by atoms with Gasteiger partial charge in [0.05, 0.1) is 7.11 Å². The summed E-state index contributed by atoms with van der Waals surface area (Å²) >= 11 is 0. The minimum absolute atomic E-state index is 0.604. The molecule has 0 radical (unpaired) electrons. The molecule has 1 aliphatic rings. The van der Waals surface area contributed by atoms with Gasteiger partial charge in [-0.2, -0.15) is 0 Å². The van der Waals surface area contributed by atoms with Crippen molar-refractivity contribution in [1.82, 2.24) is 10.2 Å². The van der Waals surface area contributed by atoms with Gasteiger partial charge in [-0.3, -0.25) is 4.90 Å². The second kappa shape index (κ2) is 7.81. The van der Waals surface area contributed by atoms with Crippen LogP contribution >= 0.6 is 0 Å². The Morgan fingerprint density at radius 3 is 2.71 bits per heavy atom. The van der Waals surface area contributed by atoms with E-state index in [0.29, 0.717) is 12.1 Å². The number of nitrogens with one attached hydrogen (secondary N) is 1. The molecular weight excluding hydrogens is 260 g/mol. The Bertz CT molecular complexity index is 435. The summed E-state index contributed by atoms with van der Waals surface area (Å²) in [6, 6.07) is 9.56. The molecule has 3 nitrogen and oxygen atoms in total. The number of hydrogen-bond donors (Lipinski definition) is 1. The second-order valence-electron chi connectivity index (χ2n) is 6.28. The fourth-order valence-electron chi connectivity index (χ4n) is 3.65. The maximum Gasteiger partial charge on any atom is 0.123 e. The number of hydrogen-bond acceptors (Lipinski definition) is 3. The Balaban J connectivity index is 2.07. The van der Waals surface area contributed by atoms with Gasteiger partial charge in [0.2, 0.25) is 0 Å². The van der Waals surface area contributed by atoms with E-state index in [-0.39, 0.29) is 0 Å². The molecule has 0 amide bonds. The van der Waals surface area contributed by atoms with Crippen LogP contribution < -0.4 is 10.1 Å². The molecule has 0 aliphatic heterocycles. The number of ether oxygens (including phenoxy) is 1. The lowest BCUT2D eigenvalue weighted by Gasteiger charge is -2.41. The molecular formula is C18H30N2O. The molecule has 0 saturated heterocycles. The first-order valence-corrected chi connectivity index (χ1v) is 8.19. The third-order valence-corrected chi connectivity index (χ3v) is 5.05. The van der Waals surface area contributed by atoms with Crippen LogP contribution in [0.2, 0.25) is 0 Å². The van der Waals surface area contributed by atoms with Gasteiger partial charge in [-0.15, -0.1) is 0 Å². The van der Waals surface area contributed by atoms with Crippen molar-refractivity contribution in [2.24, 2.45) is 5.92 Å². The lowest BCUT2D eigenvalue weighted by molar-refractivity contribution is 0.115. The van der Waals surface area contributed by atoms with Gasteiger partial charge in [0.1, 0.15) is 5.75 Å². The summed E-state index contributed by atoms with van der Waals surface area (Å²) in [6.45, 7) is 3.27. The summed E-state index contributed by atoms with van der Waals surface area (Å²) in [6.07, 6.45) is 5.25. The Kier molecular flexibility index (Phi) is 6.07. The van der Waals surface area contributed by atoms with E-state index in [1.165, 1.54) is 31.2 Å². The van der Waals surface area contributed by atoms with Gasteiger partial charge < -0.3 is 10.1 Å². The molecule has 118 valence electrons. The molecule has 3 heteroatoms. The van der Waals surface area contributed by atoms with Gasteiger partial charge >= 0.3 is 0 Å². The van der Waals surface area contributed by atoms with E-state index in [4.69, 9.17) is 4.74 Å². The van der Waals surface area contributed by atoms with E-state index in [1.54, 1.807) is 7.11 Å². The van der Waals surface area contributed by atoms with Crippen molar-refractivity contribution in [3.63, 3.8) is 0 Å². The molecule has 0 heterocycles. The minimum atomic E-state index is 0.604. The molecule has 1 fully saturated rings. The molecule has 1 aromatic rings. The van der Waals surface area contributed by atoms with Crippen LogP contribution in [0.25, 0.3) is 0 Å². The average molecular weight is 290 g/mol. The highest BCUT2D eigenvalue weighted by Crippen LogP contribution is 2.31. The van der Waals surface area contributed by atoms with E-state index in [2.05, 4.69) is 49.4 Å². The summed E-state index contributed by atoms with van der Waals surface area (Å²) in [4.78, 5) is 2.50. The highest BCUT2D eigenvalue weighted by Gasteiger charge is 2.31. The first-order chi connectivity index (χ1) is 10.2. The van der Waals surface area contributed by atoms with Crippen LogP contribution in [0, 0.1) is 5.92 Å². The fourth-order valence-corrected chi connectivity index (χ4v) is 3.65. The predicted octanol–water partition coefficient (Wildman–Crippen LogP) is 3.29. The van der Waals surface area contributed by atoms with Crippen LogP contribution in [0.1, 0.15) is 38.2 Å². The second-order valence-corrected chi connectivity index (χ2v) is 6.28. The SMILES string of the molecule is CCC1CCC(NC)C(N(C)Cc2ccccc2OC)C1. The van der Waals surface area contributed by atoms with Gasteiger partial charge in [0.15, 0.2) is 0 Å². The van der Waals surface area contributed by atoms with Gasteiger partial charge in [0, 0.05) is 24.2 Å². The van der Waals surface area contributed by atoms with Crippen molar-refractivity contribution in [2.45, 2.75) is 51.2 Å². The number of rotatable bonds is 6. The highest BCUT2D eigenvalue weighted by molar-refractivity contribution is 5.33. The number of para-hydroxylation sites is 1. The standard InChI is InChI=1S/C18H30N2O/c1-5-14-10-11-16(19-2)17(12-14)20(3)13-15-8-6-7-9-18(15)21-4/h6-9,14,16-17,19H,5,10-13H2,1-4H3. The molecule has 3 atom stereocenters. The summed E-state index contributed by atoms with van der Waals surface area (Å²) < 4.78 is 5.49. The van der Waals surface area contributed by atoms with Crippen molar-refractivity contribution in [3.8, 4) is 5.75 Å². The fraction of sp³-hybridized carbons (Fsp3) is 0.667. The van der Waals surface area contributed by atoms with Crippen LogP contribution in [0.15, 0.2) is 24.3 Å². The summed E-state index contributed by atoms with van der Waals surface area (Å²) in [5.74, 6) is 1.87. The zero-order valence-corrected chi connectivity index (χ0v) is 13.9. The smallest absolute Gasteiger partial charge is 0.123 e. The maximum absolute atomic E-state index is 5.49. The van der Waals surface area contributed by atoms with Crippen molar-refractivity contribution >= 4 is 0 Å². The van der Waals surface area contributed by atoms with E-state index >= 15 is 0 Å². The molecule has 0 spiro atoms. The van der Waals surface area contributed by atoms with Crippen LogP contribution in [0.3, 0.4) is 0 Å². The zero-order valence-electron chi connectivity index (χ0n) is 13.9. The van der Waals surface area contributed by atoms with Crippen LogP contribution in [-0.2, 0) is 6.54 Å². The molecule has 1 saturated carbocycles. The number of benzene rings is 1. The first kappa shape index (κ1) is 16.3. The lowest BCUT2D eigenvalue weighted by Crippen LogP contribution is -2.50. The van der Waals surface area contributed by atoms with Gasteiger partial charge in [-0.05, 0) is 45.3 Å². The maximum atomic E-state index is 5.49. The van der Waals surface area contributed by atoms with Gasteiger partial charge in [-0.25, -0.2) is 0 Å². The Morgan fingerprint density at radius 1 is 1.29 bits per heavy atom. The monoisotopic (exact) mass is 290 g/mol. The van der Waals surface area contributed by atoms with Gasteiger partial charge in [0.25, 0.3) is 0 Å². The Labute approximate surface area is 129 Å². The van der Waals surface area contributed by atoms with E-state index in [1.807, 2.05) is 6.07 Å². The van der Waals surface area contributed by atoms with Crippen molar-refractivity contribution < 1.29 is 4.74 Å². The molecule has 0 bridgehead atoms. The van der Waals surface area contributed by atoms with Crippen LogP contribution in [-0.4, -0.2) is 38.2 Å². The normalized spacial score (nSPS) is 26.0. The summed E-state index contributed by atoms with van der Waals surface area (Å²) in [5, 5.41) is 3.52. The molecule has 1 N–H and O–H groups in total. The molecule has 1 aliphatic carbocycles. The third kappa shape index (κ3) is 3.98. The van der Waals surface area contributed by atoms with Crippen molar-refractivity contribution in [1.29, 1.82) is 0 Å². The van der Waals surface area contributed by atoms with E-state index in [0.717, 1.165) is 18.2 Å². The minimum Gasteiger partial charge on any atom is -0.496 e. The number of likely N-dealkylation sites (N-methyl/N-ethyl adjacent to an activating group) is 2. The van der Waals surface area contributed by atoms with Crippen LogP contribution in [0.5, 0.6) is 5.75 Å². The van der Waals surface area contributed by atoms with Crippen molar-refractivity contribution in [3.05, 3.63) is 29.8 Å². The third-order valence-electron chi connectivity index (χ3n) is 5.05. The molecule has 3 unspecified atom stereocenters. The number of methoxy groups -OCH3 is 1. The van der Waals surface area contributed by atoms with E-state index in [9.17, 15) is 0 Å². The highest BCUT2D eigenvalue weighted by atomic mass is 16.5. The van der Waals surface area contributed by atoms with E-state index < -0.39 is 0 Å². The van der Waals surface area contributed by atoms with Gasteiger partial charge in [-0.1, -0.05) is 31.5 Å². The average Bonchev–Trinajstić information content (AvgIpc) is 2.54. The molecule has 2 rings (SSSR count). The lowest BCUT2D eigenvalue weighted by atomic mass is 9.80. The summed E-state index contributed by atoms with van der Waals surface area (Å²) in [5.41, 5.74) is 1.27. The molecule has 21 heavy (non-hydrogen) atoms.